The molecule has 0 bridgehead atoms. The predicted molar refractivity (Wildman–Crippen MR) is 64.1 cm³/mol. The summed E-state index contributed by atoms with van der Waals surface area (Å²) in [5.74, 6) is 0. The smallest absolute Gasteiger partial charge is 0.416 e. The van der Waals surface area contributed by atoms with Crippen molar-refractivity contribution in [2.45, 2.75) is 24.7 Å². The van der Waals surface area contributed by atoms with E-state index in [1.54, 1.807) is 0 Å². The molecule has 0 saturated carbocycles. The van der Waals surface area contributed by atoms with Gasteiger partial charge < -0.3 is 14.7 Å². The van der Waals surface area contributed by atoms with Crippen molar-refractivity contribution in [2.75, 3.05) is 13.7 Å². The molecule has 110 valence electrons. The number of halogens is 3. The summed E-state index contributed by atoms with van der Waals surface area (Å²) in [4.78, 5) is 12.6. The molecule has 1 saturated heterocycles. The van der Waals surface area contributed by atoms with Crippen LogP contribution in [0.25, 0.3) is 0 Å². The van der Waals surface area contributed by atoms with Gasteiger partial charge in [0.15, 0.2) is 0 Å². The number of ether oxygens (including phenoxy) is 1. The third-order valence-electron chi connectivity index (χ3n) is 3.40. The molecular weight excluding hydrogens is 275 g/mol. The van der Waals surface area contributed by atoms with Gasteiger partial charge in [-0.1, -0.05) is 18.2 Å². The number of alkyl halides is 3. The van der Waals surface area contributed by atoms with Crippen LogP contribution in [-0.2, 0) is 17.3 Å². The number of hydrogen-bond donors (Lipinski definition) is 1. The largest absolute Gasteiger partial charge is 0.443 e. The summed E-state index contributed by atoms with van der Waals surface area (Å²) >= 11 is 0. The number of aliphatic hydroxyl groups is 1. The maximum absolute atomic E-state index is 12.9. The van der Waals surface area contributed by atoms with Crippen molar-refractivity contribution >= 4 is 6.09 Å². The Morgan fingerprint density at radius 2 is 2.00 bits per heavy atom. The van der Waals surface area contributed by atoms with E-state index in [1.807, 2.05) is 0 Å². The Morgan fingerprint density at radius 3 is 2.60 bits per heavy atom. The van der Waals surface area contributed by atoms with E-state index in [0.29, 0.717) is 0 Å². The van der Waals surface area contributed by atoms with Gasteiger partial charge in [-0.05, 0) is 11.6 Å². The maximum atomic E-state index is 12.9. The molecule has 2 rings (SSSR count). The first-order valence-electron chi connectivity index (χ1n) is 6.04. The second kappa shape index (κ2) is 5.32. The van der Waals surface area contributed by atoms with E-state index < -0.39 is 30.0 Å². The Labute approximate surface area is 113 Å². The number of amides is 1. The molecule has 0 spiro atoms. The number of hydrogen-bond acceptors (Lipinski definition) is 3. The number of carbonyl (C=O) groups is 1. The molecule has 0 aromatic heterocycles. The van der Waals surface area contributed by atoms with Gasteiger partial charge >= 0.3 is 12.3 Å². The van der Waals surface area contributed by atoms with E-state index in [9.17, 15) is 23.1 Å². The molecule has 1 aliphatic rings. The van der Waals surface area contributed by atoms with Crippen molar-refractivity contribution in [1.29, 1.82) is 0 Å². The van der Waals surface area contributed by atoms with Crippen molar-refractivity contribution in [3.05, 3.63) is 35.4 Å². The molecule has 1 fully saturated rings. The summed E-state index contributed by atoms with van der Waals surface area (Å²) in [6.07, 6.45) is -5.98. The van der Waals surface area contributed by atoms with Gasteiger partial charge in [0.1, 0.15) is 6.10 Å². The Bertz CT molecular complexity index is 504. The number of benzene rings is 1. The van der Waals surface area contributed by atoms with Crippen LogP contribution >= 0.6 is 0 Å². The van der Waals surface area contributed by atoms with Gasteiger partial charge in [0.25, 0.3) is 0 Å². The van der Waals surface area contributed by atoms with E-state index in [4.69, 9.17) is 4.74 Å². The van der Waals surface area contributed by atoms with Crippen LogP contribution in [-0.4, -0.2) is 41.9 Å². The zero-order valence-electron chi connectivity index (χ0n) is 10.7. The van der Waals surface area contributed by atoms with E-state index in [0.717, 1.165) is 6.07 Å². The number of cyclic esters (lactones) is 1. The Balaban J connectivity index is 2.25. The molecule has 1 aromatic carbocycles. The molecule has 0 aliphatic carbocycles. The summed E-state index contributed by atoms with van der Waals surface area (Å²) in [6, 6.07) is 4.51. The van der Waals surface area contributed by atoms with Crippen molar-refractivity contribution in [3.8, 4) is 0 Å². The highest BCUT2D eigenvalue weighted by atomic mass is 19.4. The minimum absolute atomic E-state index is 0.0477. The zero-order chi connectivity index (χ0) is 14.9. The molecule has 0 radical (unpaired) electrons. The monoisotopic (exact) mass is 289 g/mol. The first kappa shape index (κ1) is 14.6. The average Bonchev–Trinajstić information content (AvgIpc) is 2.64. The van der Waals surface area contributed by atoms with Gasteiger partial charge in [0.05, 0.1) is 18.2 Å². The second-order valence-electron chi connectivity index (χ2n) is 4.64. The fourth-order valence-electron chi connectivity index (χ4n) is 2.29. The fourth-order valence-corrected chi connectivity index (χ4v) is 2.29. The van der Waals surface area contributed by atoms with Gasteiger partial charge in [-0.3, -0.25) is 0 Å². The molecule has 4 nitrogen and oxygen atoms in total. The minimum atomic E-state index is -4.46. The summed E-state index contributed by atoms with van der Waals surface area (Å²) in [5.41, 5.74) is -0.700. The van der Waals surface area contributed by atoms with Crippen LogP contribution in [0.15, 0.2) is 24.3 Å². The molecular formula is C13H14F3NO3. The summed E-state index contributed by atoms with van der Waals surface area (Å²) in [6.45, 7) is -0.360. The molecule has 1 aromatic rings. The van der Waals surface area contributed by atoms with E-state index >= 15 is 0 Å². The van der Waals surface area contributed by atoms with Gasteiger partial charge in [-0.25, -0.2) is 4.79 Å². The van der Waals surface area contributed by atoms with Crippen molar-refractivity contribution < 1.29 is 27.8 Å². The molecule has 1 amide bonds. The third-order valence-corrected chi connectivity index (χ3v) is 3.40. The number of carbonyl (C=O) groups excluding carboxylic acids is 1. The topological polar surface area (TPSA) is 49.8 Å². The second-order valence-corrected chi connectivity index (χ2v) is 4.64. The molecule has 1 heterocycles. The third kappa shape index (κ3) is 2.72. The lowest BCUT2D eigenvalue weighted by Crippen LogP contribution is -2.37. The maximum Gasteiger partial charge on any atom is 0.416 e. The molecule has 20 heavy (non-hydrogen) atoms. The lowest BCUT2D eigenvalue weighted by molar-refractivity contribution is -0.138. The lowest BCUT2D eigenvalue weighted by Gasteiger charge is -2.20. The van der Waals surface area contributed by atoms with Crippen LogP contribution in [0.2, 0.25) is 0 Å². The summed E-state index contributed by atoms with van der Waals surface area (Å²) < 4.78 is 43.7. The van der Waals surface area contributed by atoms with Crippen LogP contribution < -0.4 is 0 Å². The van der Waals surface area contributed by atoms with E-state index in [2.05, 4.69) is 0 Å². The fraction of sp³-hybridized carbons (Fsp3) is 0.462. The first-order valence-corrected chi connectivity index (χ1v) is 6.04. The molecule has 1 aliphatic heterocycles. The highest BCUT2D eigenvalue weighted by Gasteiger charge is 2.41. The van der Waals surface area contributed by atoms with E-state index in [1.165, 1.54) is 30.1 Å². The number of aliphatic hydroxyl groups excluding tert-OH is 1. The quantitative estimate of drug-likeness (QED) is 0.926. The van der Waals surface area contributed by atoms with Crippen LogP contribution in [0.1, 0.15) is 11.1 Å². The van der Waals surface area contributed by atoms with Crippen LogP contribution in [0.3, 0.4) is 0 Å². The lowest BCUT2D eigenvalue weighted by atomic mass is 9.98. The average molecular weight is 289 g/mol. The van der Waals surface area contributed by atoms with Crippen molar-refractivity contribution in [1.82, 2.24) is 4.90 Å². The predicted octanol–water partition coefficient (Wildman–Crippen LogP) is 2.06. The van der Waals surface area contributed by atoms with Gasteiger partial charge in [0.2, 0.25) is 0 Å². The van der Waals surface area contributed by atoms with E-state index in [-0.39, 0.29) is 18.6 Å². The van der Waals surface area contributed by atoms with Gasteiger partial charge in [-0.15, -0.1) is 0 Å². The molecule has 2 unspecified atom stereocenters. The Morgan fingerprint density at radius 1 is 1.35 bits per heavy atom. The van der Waals surface area contributed by atoms with Gasteiger partial charge in [-0.2, -0.15) is 13.2 Å². The molecule has 7 heteroatoms. The summed E-state index contributed by atoms with van der Waals surface area (Å²) in [5, 5.41) is 9.24. The Hall–Kier alpha value is -1.76. The summed E-state index contributed by atoms with van der Waals surface area (Å²) in [7, 11) is 1.44. The van der Waals surface area contributed by atoms with Crippen LogP contribution in [0, 0.1) is 0 Å². The number of likely N-dealkylation sites (N-methyl/N-ethyl adjacent to an activating group) is 1. The van der Waals surface area contributed by atoms with Gasteiger partial charge in [0, 0.05) is 13.5 Å². The van der Waals surface area contributed by atoms with Crippen molar-refractivity contribution in [2.24, 2.45) is 0 Å². The SMILES string of the molecule is CN1C(=O)OC(Cc2ccccc2C(F)(F)F)C1CO. The minimum Gasteiger partial charge on any atom is -0.443 e. The number of nitrogens with zero attached hydrogens (tertiary/aromatic N) is 1. The first-order chi connectivity index (χ1) is 9.34. The molecule has 2 atom stereocenters. The Kier molecular flexibility index (Phi) is 3.89. The standard InChI is InChI=1S/C13H14F3NO3/c1-17-10(7-18)11(20-12(17)19)6-8-4-2-3-5-9(8)13(14,15)16/h2-5,10-11,18H,6-7H2,1H3. The highest BCUT2D eigenvalue weighted by Crippen LogP contribution is 2.33. The number of rotatable bonds is 3. The van der Waals surface area contributed by atoms with Crippen LogP contribution in [0.5, 0.6) is 0 Å². The van der Waals surface area contributed by atoms with Crippen LogP contribution in [0.4, 0.5) is 18.0 Å². The highest BCUT2D eigenvalue weighted by molar-refractivity contribution is 5.70. The van der Waals surface area contributed by atoms with Crippen molar-refractivity contribution in [3.63, 3.8) is 0 Å². The normalized spacial score (nSPS) is 23.1. The molecule has 1 N–H and O–H groups in total. The zero-order valence-corrected chi connectivity index (χ0v) is 10.7.